The molecule has 0 saturated heterocycles. The molecular weight excluding hydrogens is 237 g/mol. The monoisotopic (exact) mass is 255 g/mol. The third-order valence-electron chi connectivity index (χ3n) is 3.87. The van der Waals surface area contributed by atoms with Crippen LogP contribution in [0, 0.1) is 11.2 Å². The Morgan fingerprint density at radius 2 is 2.18 bits per heavy atom. The van der Waals surface area contributed by atoms with Crippen LogP contribution in [0.5, 0.6) is 0 Å². The van der Waals surface area contributed by atoms with E-state index in [4.69, 9.17) is 11.6 Å². The van der Waals surface area contributed by atoms with Crippen LogP contribution in [0.15, 0.2) is 18.2 Å². The van der Waals surface area contributed by atoms with Gasteiger partial charge in [0, 0.05) is 11.1 Å². The minimum atomic E-state index is -0.135. The van der Waals surface area contributed by atoms with Gasteiger partial charge in [-0.15, -0.1) is 0 Å². The van der Waals surface area contributed by atoms with Gasteiger partial charge in [-0.05, 0) is 61.9 Å². The minimum Gasteiger partial charge on any atom is -0.314 e. The molecule has 94 valence electrons. The highest BCUT2D eigenvalue weighted by Gasteiger charge is 2.47. The molecule has 1 atom stereocenters. The SMILES string of the molecule is CCNC(C)C1(Cc2cc(Cl)ccc2F)CC1. The zero-order chi connectivity index (χ0) is 12.5. The van der Waals surface area contributed by atoms with Crippen molar-refractivity contribution in [3.05, 3.63) is 34.6 Å². The second kappa shape index (κ2) is 4.95. The van der Waals surface area contributed by atoms with Crippen LogP contribution >= 0.6 is 11.6 Å². The fourth-order valence-corrected chi connectivity index (χ4v) is 2.70. The number of hydrogen-bond acceptors (Lipinski definition) is 1. The molecule has 1 saturated carbocycles. The Bertz CT molecular complexity index is 401. The molecule has 1 aromatic carbocycles. The Labute approximate surface area is 107 Å². The maximum Gasteiger partial charge on any atom is 0.126 e. The van der Waals surface area contributed by atoms with E-state index in [0.29, 0.717) is 11.1 Å². The van der Waals surface area contributed by atoms with Crippen molar-refractivity contribution >= 4 is 11.6 Å². The second-order valence-corrected chi connectivity index (χ2v) is 5.49. The Morgan fingerprint density at radius 3 is 2.76 bits per heavy atom. The maximum atomic E-state index is 13.7. The standard InChI is InChI=1S/C14H19ClFN/c1-3-17-10(2)14(6-7-14)9-11-8-12(15)4-5-13(11)16/h4-5,8,10,17H,3,6-7,9H2,1-2H3. The van der Waals surface area contributed by atoms with Crippen molar-refractivity contribution in [3.8, 4) is 0 Å². The van der Waals surface area contributed by atoms with Gasteiger partial charge < -0.3 is 5.32 Å². The lowest BCUT2D eigenvalue weighted by Crippen LogP contribution is -2.36. The van der Waals surface area contributed by atoms with Crippen LogP contribution < -0.4 is 5.32 Å². The van der Waals surface area contributed by atoms with Gasteiger partial charge in [0.05, 0.1) is 0 Å². The molecule has 1 aromatic rings. The van der Waals surface area contributed by atoms with E-state index in [1.54, 1.807) is 12.1 Å². The molecule has 0 spiro atoms. The average molecular weight is 256 g/mol. The molecular formula is C14H19ClFN. The van der Waals surface area contributed by atoms with Gasteiger partial charge >= 0.3 is 0 Å². The van der Waals surface area contributed by atoms with Crippen LogP contribution in [0.2, 0.25) is 5.02 Å². The van der Waals surface area contributed by atoms with Crippen molar-refractivity contribution in [2.24, 2.45) is 5.41 Å². The Kier molecular flexibility index (Phi) is 3.74. The molecule has 0 aliphatic heterocycles. The summed E-state index contributed by atoms with van der Waals surface area (Å²) in [5, 5.41) is 4.07. The quantitative estimate of drug-likeness (QED) is 0.844. The number of nitrogens with one attached hydrogen (secondary N) is 1. The van der Waals surface area contributed by atoms with Crippen molar-refractivity contribution in [1.82, 2.24) is 5.32 Å². The summed E-state index contributed by atoms with van der Waals surface area (Å²) in [6.45, 7) is 5.26. The van der Waals surface area contributed by atoms with E-state index in [1.165, 1.54) is 18.9 Å². The van der Waals surface area contributed by atoms with E-state index >= 15 is 0 Å². The first-order chi connectivity index (χ1) is 8.07. The number of benzene rings is 1. The highest BCUT2D eigenvalue weighted by atomic mass is 35.5. The zero-order valence-corrected chi connectivity index (χ0v) is 11.1. The maximum absolute atomic E-state index is 13.7. The van der Waals surface area contributed by atoms with Crippen molar-refractivity contribution < 1.29 is 4.39 Å². The fourth-order valence-electron chi connectivity index (χ4n) is 2.50. The lowest BCUT2D eigenvalue weighted by atomic mass is 9.89. The Hall–Kier alpha value is -0.600. The molecule has 1 fully saturated rings. The Balaban J connectivity index is 2.12. The van der Waals surface area contributed by atoms with Gasteiger partial charge in [-0.1, -0.05) is 18.5 Å². The van der Waals surface area contributed by atoms with Crippen LogP contribution in [-0.2, 0) is 6.42 Å². The molecule has 1 aliphatic rings. The first kappa shape index (κ1) is 12.8. The van der Waals surface area contributed by atoms with Crippen LogP contribution in [0.25, 0.3) is 0 Å². The summed E-state index contributed by atoms with van der Waals surface area (Å²) in [6, 6.07) is 5.26. The Morgan fingerprint density at radius 1 is 1.47 bits per heavy atom. The summed E-state index contributed by atoms with van der Waals surface area (Å²) < 4.78 is 13.7. The highest BCUT2D eigenvalue weighted by molar-refractivity contribution is 6.30. The topological polar surface area (TPSA) is 12.0 Å². The number of halogens is 2. The van der Waals surface area contributed by atoms with E-state index < -0.39 is 0 Å². The fraction of sp³-hybridized carbons (Fsp3) is 0.571. The molecule has 0 aromatic heterocycles. The molecule has 0 bridgehead atoms. The lowest BCUT2D eigenvalue weighted by molar-refractivity contribution is 0.351. The normalized spacial score (nSPS) is 19.1. The van der Waals surface area contributed by atoms with Crippen LogP contribution in [0.3, 0.4) is 0 Å². The summed E-state index contributed by atoms with van der Waals surface area (Å²) in [7, 11) is 0. The molecule has 3 heteroatoms. The van der Waals surface area contributed by atoms with Gasteiger partial charge in [0.25, 0.3) is 0 Å². The van der Waals surface area contributed by atoms with E-state index in [2.05, 4.69) is 19.2 Å². The molecule has 1 N–H and O–H groups in total. The minimum absolute atomic E-state index is 0.135. The molecule has 17 heavy (non-hydrogen) atoms. The van der Waals surface area contributed by atoms with Gasteiger partial charge in [0.1, 0.15) is 5.82 Å². The van der Waals surface area contributed by atoms with Gasteiger partial charge in [-0.25, -0.2) is 4.39 Å². The summed E-state index contributed by atoms with van der Waals surface area (Å²) >= 11 is 5.92. The summed E-state index contributed by atoms with van der Waals surface area (Å²) in [4.78, 5) is 0. The predicted molar refractivity (Wildman–Crippen MR) is 69.9 cm³/mol. The van der Waals surface area contributed by atoms with E-state index in [9.17, 15) is 4.39 Å². The number of rotatable bonds is 5. The zero-order valence-electron chi connectivity index (χ0n) is 10.4. The second-order valence-electron chi connectivity index (χ2n) is 5.05. The molecule has 1 unspecified atom stereocenters. The lowest BCUT2D eigenvalue weighted by Gasteiger charge is -2.24. The summed E-state index contributed by atoms with van der Waals surface area (Å²) in [6.07, 6.45) is 3.13. The van der Waals surface area contributed by atoms with Crippen molar-refractivity contribution in [3.63, 3.8) is 0 Å². The van der Waals surface area contributed by atoms with Crippen LogP contribution in [0.4, 0.5) is 4.39 Å². The molecule has 1 aliphatic carbocycles. The van der Waals surface area contributed by atoms with Crippen LogP contribution in [0.1, 0.15) is 32.3 Å². The van der Waals surface area contributed by atoms with E-state index in [-0.39, 0.29) is 11.2 Å². The molecule has 2 rings (SSSR count). The third-order valence-corrected chi connectivity index (χ3v) is 4.11. The number of hydrogen-bond donors (Lipinski definition) is 1. The van der Waals surface area contributed by atoms with Crippen molar-refractivity contribution in [2.45, 2.75) is 39.2 Å². The molecule has 1 nitrogen and oxygen atoms in total. The van der Waals surface area contributed by atoms with Gasteiger partial charge in [-0.3, -0.25) is 0 Å². The van der Waals surface area contributed by atoms with Gasteiger partial charge in [0.15, 0.2) is 0 Å². The van der Waals surface area contributed by atoms with Crippen LogP contribution in [-0.4, -0.2) is 12.6 Å². The smallest absolute Gasteiger partial charge is 0.126 e. The first-order valence-corrected chi connectivity index (χ1v) is 6.62. The van der Waals surface area contributed by atoms with Gasteiger partial charge in [-0.2, -0.15) is 0 Å². The summed E-state index contributed by atoms with van der Waals surface area (Å²) in [5.74, 6) is -0.135. The molecule has 0 heterocycles. The summed E-state index contributed by atoms with van der Waals surface area (Å²) in [5.41, 5.74) is 0.987. The van der Waals surface area contributed by atoms with Crippen molar-refractivity contribution in [2.75, 3.05) is 6.54 Å². The van der Waals surface area contributed by atoms with Gasteiger partial charge in [0.2, 0.25) is 0 Å². The average Bonchev–Trinajstić information content (AvgIpc) is 3.05. The first-order valence-electron chi connectivity index (χ1n) is 6.25. The third kappa shape index (κ3) is 2.80. The van der Waals surface area contributed by atoms with E-state index in [0.717, 1.165) is 18.5 Å². The van der Waals surface area contributed by atoms with E-state index in [1.807, 2.05) is 0 Å². The van der Waals surface area contributed by atoms with Crippen molar-refractivity contribution in [1.29, 1.82) is 0 Å². The highest BCUT2D eigenvalue weighted by Crippen LogP contribution is 2.51. The molecule has 0 radical (unpaired) electrons. The predicted octanol–water partition coefficient (Wildman–Crippen LogP) is 3.80. The largest absolute Gasteiger partial charge is 0.314 e. The molecule has 0 amide bonds.